The lowest BCUT2D eigenvalue weighted by Crippen LogP contribution is -2.30. The third-order valence-electron chi connectivity index (χ3n) is 3.16. The van der Waals surface area contributed by atoms with E-state index in [0.717, 1.165) is 23.8 Å². The number of carbonyl (C=O) groups excluding carboxylic acids is 1. The first-order valence-corrected chi connectivity index (χ1v) is 7.04. The summed E-state index contributed by atoms with van der Waals surface area (Å²) in [6.07, 6.45) is -1.21. The maximum atomic E-state index is 12.7. The van der Waals surface area contributed by atoms with Crippen LogP contribution in [0.2, 0.25) is 5.02 Å². The molecule has 0 radical (unpaired) electrons. The molecule has 0 saturated carbocycles. The van der Waals surface area contributed by atoms with Crippen molar-refractivity contribution in [2.45, 2.75) is 19.1 Å². The minimum atomic E-state index is -4.50. The van der Waals surface area contributed by atoms with Crippen LogP contribution in [-0.2, 0) is 11.0 Å². The van der Waals surface area contributed by atoms with Crippen molar-refractivity contribution in [3.8, 4) is 0 Å². The van der Waals surface area contributed by atoms with Gasteiger partial charge in [-0.15, -0.1) is 0 Å². The number of benzene rings is 1. The SMILES string of the molecule is C[C@@H](NCC(=O)Nc1cc(C(F)(F)F)ccc1Cl)c1cn[nH]c1. The number of alkyl halides is 3. The van der Waals surface area contributed by atoms with Crippen molar-refractivity contribution in [3.63, 3.8) is 0 Å². The molecule has 23 heavy (non-hydrogen) atoms. The Morgan fingerprint density at radius 1 is 1.43 bits per heavy atom. The third kappa shape index (κ3) is 4.70. The molecule has 1 heterocycles. The van der Waals surface area contributed by atoms with E-state index in [2.05, 4.69) is 20.8 Å². The summed E-state index contributed by atoms with van der Waals surface area (Å²) in [6.45, 7) is 1.74. The van der Waals surface area contributed by atoms with Crippen LogP contribution in [0, 0.1) is 0 Å². The first-order chi connectivity index (χ1) is 10.8. The first-order valence-electron chi connectivity index (χ1n) is 6.66. The van der Waals surface area contributed by atoms with Crippen LogP contribution >= 0.6 is 11.6 Å². The number of halogens is 4. The van der Waals surface area contributed by atoms with Crippen molar-refractivity contribution in [2.75, 3.05) is 11.9 Å². The summed E-state index contributed by atoms with van der Waals surface area (Å²) in [5.74, 6) is -0.499. The fourth-order valence-electron chi connectivity index (χ4n) is 1.85. The van der Waals surface area contributed by atoms with Crippen LogP contribution in [-0.4, -0.2) is 22.6 Å². The monoisotopic (exact) mass is 346 g/mol. The largest absolute Gasteiger partial charge is 0.416 e. The van der Waals surface area contributed by atoms with Gasteiger partial charge in [-0.3, -0.25) is 9.89 Å². The van der Waals surface area contributed by atoms with Gasteiger partial charge in [0.15, 0.2) is 0 Å². The van der Waals surface area contributed by atoms with E-state index < -0.39 is 17.6 Å². The second kappa shape index (κ2) is 7.01. The Morgan fingerprint density at radius 3 is 2.78 bits per heavy atom. The molecule has 1 aromatic carbocycles. The lowest BCUT2D eigenvalue weighted by atomic mass is 10.2. The number of amides is 1. The van der Waals surface area contributed by atoms with Crippen LogP contribution in [0.4, 0.5) is 18.9 Å². The van der Waals surface area contributed by atoms with Crippen LogP contribution in [0.15, 0.2) is 30.6 Å². The highest BCUT2D eigenvalue weighted by Crippen LogP contribution is 2.33. The fraction of sp³-hybridized carbons (Fsp3) is 0.286. The highest BCUT2D eigenvalue weighted by Gasteiger charge is 2.31. The topological polar surface area (TPSA) is 69.8 Å². The Balaban J connectivity index is 1.97. The van der Waals surface area contributed by atoms with E-state index in [0.29, 0.717) is 0 Å². The van der Waals surface area contributed by atoms with Crippen molar-refractivity contribution in [3.05, 3.63) is 46.7 Å². The van der Waals surface area contributed by atoms with Crippen LogP contribution in [0.1, 0.15) is 24.1 Å². The van der Waals surface area contributed by atoms with E-state index in [1.54, 1.807) is 12.4 Å². The molecule has 3 N–H and O–H groups in total. The minimum Gasteiger partial charge on any atom is -0.324 e. The summed E-state index contributed by atoms with van der Waals surface area (Å²) in [5, 5.41) is 11.8. The third-order valence-corrected chi connectivity index (χ3v) is 3.49. The summed E-state index contributed by atoms with van der Waals surface area (Å²) in [4.78, 5) is 11.9. The van der Waals surface area contributed by atoms with Gasteiger partial charge in [-0.25, -0.2) is 0 Å². The number of hydrogen-bond donors (Lipinski definition) is 3. The Bertz CT molecular complexity index is 673. The van der Waals surface area contributed by atoms with Crippen molar-refractivity contribution < 1.29 is 18.0 Å². The molecule has 2 rings (SSSR count). The van der Waals surface area contributed by atoms with Gasteiger partial charge in [0.2, 0.25) is 5.91 Å². The molecule has 0 spiro atoms. The maximum absolute atomic E-state index is 12.7. The van der Waals surface area contributed by atoms with E-state index in [9.17, 15) is 18.0 Å². The van der Waals surface area contributed by atoms with Crippen LogP contribution in [0.5, 0.6) is 0 Å². The van der Waals surface area contributed by atoms with Gasteiger partial charge in [0.1, 0.15) is 0 Å². The normalized spacial score (nSPS) is 12.9. The second-order valence-electron chi connectivity index (χ2n) is 4.87. The average Bonchev–Trinajstić information content (AvgIpc) is 3.00. The Kier molecular flexibility index (Phi) is 5.27. The highest BCUT2D eigenvalue weighted by molar-refractivity contribution is 6.33. The highest BCUT2D eigenvalue weighted by atomic mass is 35.5. The zero-order valence-electron chi connectivity index (χ0n) is 12.0. The molecule has 0 aliphatic heterocycles. The molecule has 124 valence electrons. The van der Waals surface area contributed by atoms with Crippen molar-refractivity contribution in [2.24, 2.45) is 0 Å². The maximum Gasteiger partial charge on any atom is 0.416 e. The molecule has 0 unspecified atom stereocenters. The van der Waals surface area contributed by atoms with Crippen LogP contribution < -0.4 is 10.6 Å². The number of anilines is 1. The summed E-state index contributed by atoms with van der Waals surface area (Å²) in [6, 6.07) is 2.62. The molecule has 1 aromatic heterocycles. The molecule has 0 aliphatic carbocycles. The van der Waals surface area contributed by atoms with Gasteiger partial charge in [0.05, 0.1) is 29.0 Å². The summed E-state index contributed by atoms with van der Waals surface area (Å²) < 4.78 is 38.0. The van der Waals surface area contributed by atoms with Gasteiger partial charge in [0.25, 0.3) is 0 Å². The molecule has 2 aromatic rings. The zero-order chi connectivity index (χ0) is 17.0. The van der Waals surface area contributed by atoms with Gasteiger partial charge < -0.3 is 10.6 Å². The second-order valence-corrected chi connectivity index (χ2v) is 5.28. The van der Waals surface area contributed by atoms with E-state index in [1.165, 1.54) is 0 Å². The minimum absolute atomic E-state index is 0.0363. The number of carbonyl (C=O) groups is 1. The smallest absolute Gasteiger partial charge is 0.324 e. The molecule has 0 bridgehead atoms. The molecular weight excluding hydrogens is 333 g/mol. The summed E-state index contributed by atoms with van der Waals surface area (Å²) in [5.41, 5.74) is -0.101. The molecule has 1 atom stereocenters. The number of rotatable bonds is 5. The van der Waals surface area contributed by atoms with Crippen LogP contribution in [0.3, 0.4) is 0 Å². The number of aromatic nitrogens is 2. The predicted molar refractivity (Wildman–Crippen MR) is 80.1 cm³/mol. The average molecular weight is 347 g/mol. The van der Waals surface area contributed by atoms with Crippen molar-refractivity contribution in [1.82, 2.24) is 15.5 Å². The molecule has 0 aliphatic rings. The van der Waals surface area contributed by atoms with E-state index in [-0.39, 0.29) is 23.3 Å². The number of hydrogen-bond acceptors (Lipinski definition) is 3. The molecule has 5 nitrogen and oxygen atoms in total. The number of nitrogens with one attached hydrogen (secondary N) is 3. The molecule has 0 saturated heterocycles. The molecule has 1 amide bonds. The van der Waals surface area contributed by atoms with Gasteiger partial charge in [-0.1, -0.05) is 11.6 Å². The number of H-pyrrole nitrogens is 1. The number of nitrogens with zero attached hydrogens (tertiary/aromatic N) is 1. The van der Waals surface area contributed by atoms with Gasteiger partial charge in [0, 0.05) is 17.8 Å². The zero-order valence-corrected chi connectivity index (χ0v) is 12.8. The number of aromatic amines is 1. The Morgan fingerprint density at radius 2 is 2.17 bits per heavy atom. The molecule has 9 heteroatoms. The lowest BCUT2D eigenvalue weighted by Gasteiger charge is -2.14. The summed E-state index contributed by atoms with van der Waals surface area (Å²) >= 11 is 5.82. The van der Waals surface area contributed by atoms with E-state index >= 15 is 0 Å². The van der Waals surface area contributed by atoms with E-state index in [1.807, 2.05) is 6.92 Å². The lowest BCUT2D eigenvalue weighted by molar-refractivity contribution is -0.137. The van der Waals surface area contributed by atoms with Crippen LogP contribution in [0.25, 0.3) is 0 Å². The Hall–Kier alpha value is -2.06. The molecule has 0 fully saturated rings. The summed E-state index contributed by atoms with van der Waals surface area (Å²) in [7, 11) is 0. The van der Waals surface area contributed by atoms with Gasteiger partial charge >= 0.3 is 6.18 Å². The van der Waals surface area contributed by atoms with E-state index in [4.69, 9.17) is 11.6 Å². The first kappa shape index (κ1) is 17.3. The standard InChI is InChI=1S/C14H14ClF3N4O/c1-8(9-5-20-21-6-9)19-7-13(23)22-12-4-10(14(16,17)18)2-3-11(12)15/h2-6,8,19H,7H2,1H3,(H,20,21)(H,22,23)/t8-/m1/s1. The van der Waals surface area contributed by atoms with Gasteiger partial charge in [-0.05, 0) is 25.1 Å². The quantitative estimate of drug-likeness (QED) is 0.777. The predicted octanol–water partition coefficient (Wildman–Crippen LogP) is 3.37. The van der Waals surface area contributed by atoms with Gasteiger partial charge in [-0.2, -0.15) is 18.3 Å². The van der Waals surface area contributed by atoms with Crippen molar-refractivity contribution >= 4 is 23.2 Å². The van der Waals surface area contributed by atoms with Crippen molar-refractivity contribution in [1.29, 1.82) is 0 Å². The fourth-order valence-corrected chi connectivity index (χ4v) is 2.02. The molecular formula is C14H14ClF3N4O. The Labute approximate surface area is 135 Å².